The van der Waals surface area contributed by atoms with Crippen LogP contribution in [-0.4, -0.2) is 17.7 Å². The molecule has 0 aromatic carbocycles. The number of nitrogens with two attached hydrogens (primary N) is 2. The Hall–Kier alpha value is -0.850. The summed E-state index contributed by atoms with van der Waals surface area (Å²) in [6, 6.07) is -0.562. The Bertz CT molecular complexity index is 106. The first-order valence-electron chi connectivity index (χ1n) is 3.01. The zero-order valence-corrected chi connectivity index (χ0v) is 5.92. The molecule has 0 aliphatic rings. The summed E-state index contributed by atoms with van der Waals surface area (Å²) in [5, 5.41) is 0.809. The molecule has 0 atom stereocenters. The zero-order valence-electron chi connectivity index (χ0n) is 5.92. The fourth-order valence-electron chi connectivity index (χ4n) is 0.374. The highest BCUT2D eigenvalue weighted by Gasteiger charge is 2.03. The summed E-state index contributed by atoms with van der Waals surface area (Å²) in [7, 11) is 0. The normalized spacial score (nSPS) is 9.10. The second kappa shape index (κ2) is 4.98. The molecule has 6 nitrogen and oxygen atoms in total. The molecule has 0 unspecified atom stereocenters. The number of hydrazine groups is 3. The number of nitrogens with one attached hydrogen (secondary N) is 2. The number of hydrogen-bond acceptors (Lipinski definition) is 4. The molecule has 0 saturated heterocycles. The number of amides is 2. The van der Waals surface area contributed by atoms with Gasteiger partial charge in [0.1, 0.15) is 0 Å². The van der Waals surface area contributed by atoms with Crippen LogP contribution in [0.15, 0.2) is 0 Å². The Labute approximate surface area is 59.4 Å². The standard InChI is InChI=1S/C4H13N5O/c1-2-3-7-9(6)4(10)8-5/h7H,2-3,5-6H2,1H3,(H,8,10). The predicted octanol–water partition coefficient (Wildman–Crippen LogP) is -1.34. The first-order chi connectivity index (χ1) is 4.72. The van der Waals surface area contributed by atoms with E-state index in [0.717, 1.165) is 11.5 Å². The van der Waals surface area contributed by atoms with Gasteiger partial charge in [0.15, 0.2) is 0 Å². The van der Waals surface area contributed by atoms with Crippen molar-refractivity contribution >= 4 is 6.03 Å². The van der Waals surface area contributed by atoms with Crippen LogP contribution in [0.25, 0.3) is 0 Å². The van der Waals surface area contributed by atoms with Gasteiger partial charge in [-0.15, -0.1) is 0 Å². The number of hydrogen-bond donors (Lipinski definition) is 4. The summed E-state index contributed by atoms with van der Waals surface area (Å²) in [6.45, 7) is 2.60. The van der Waals surface area contributed by atoms with Crippen molar-refractivity contribution in [2.45, 2.75) is 13.3 Å². The minimum atomic E-state index is -0.562. The van der Waals surface area contributed by atoms with Crippen LogP contribution in [0.3, 0.4) is 0 Å². The Kier molecular flexibility index (Phi) is 4.55. The lowest BCUT2D eigenvalue weighted by molar-refractivity contribution is 0.172. The topological polar surface area (TPSA) is 96.4 Å². The summed E-state index contributed by atoms with van der Waals surface area (Å²) in [4.78, 5) is 10.5. The molecule has 0 spiro atoms. The highest BCUT2D eigenvalue weighted by atomic mass is 16.2. The molecule has 0 rings (SSSR count). The molecule has 10 heavy (non-hydrogen) atoms. The van der Waals surface area contributed by atoms with Crippen LogP contribution in [0.5, 0.6) is 0 Å². The summed E-state index contributed by atoms with van der Waals surface area (Å²) in [5.41, 5.74) is 4.48. The average molecular weight is 147 g/mol. The largest absolute Gasteiger partial charge is 0.360 e. The van der Waals surface area contributed by atoms with Crippen molar-refractivity contribution in [3.8, 4) is 0 Å². The fourth-order valence-corrected chi connectivity index (χ4v) is 0.374. The van der Waals surface area contributed by atoms with Crippen LogP contribution in [0, 0.1) is 0 Å². The van der Waals surface area contributed by atoms with E-state index in [2.05, 4.69) is 5.43 Å². The summed E-state index contributed by atoms with van der Waals surface area (Å²) in [5.74, 6) is 9.93. The van der Waals surface area contributed by atoms with Crippen molar-refractivity contribution in [3.63, 3.8) is 0 Å². The third-order valence-corrected chi connectivity index (χ3v) is 0.874. The molecule has 0 aliphatic heterocycles. The van der Waals surface area contributed by atoms with Crippen molar-refractivity contribution < 1.29 is 4.79 Å². The Morgan fingerprint density at radius 2 is 2.30 bits per heavy atom. The molecule has 0 aromatic heterocycles. The molecule has 0 heterocycles. The average Bonchev–Trinajstić information content (AvgIpc) is 1.98. The van der Waals surface area contributed by atoms with Crippen molar-refractivity contribution in [1.29, 1.82) is 0 Å². The molecular formula is C4H13N5O. The van der Waals surface area contributed by atoms with Gasteiger partial charge in [0, 0.05) is 6.54 Å². The first-order valence-corrected chi connectivity index (χ1v) is 3.01. The molecule has 6 heteroatoms. The summed E-state index contributed by atoms with van der Waals surface area (Å²) >= 11 is 0. The van der Waals surface area contributed by atoms with Gasteiger partial charge in [0.25, 0.3) is 0 Å². The van der Waals surface area contributed by atoms with Gasteiger partial charge in [-0.05, 0) is 6.42 Å². The lowest BCUT2D eigenvalue weighted by Crippen LogP contribution is -2.54. The van der Waals surface area contributed by atoms with Gasteiger partial charge >= 0.3 is 6.03 Å². The fraction of sp³-hybridized carbons (Fsp3) is 0.750. The molecule has 0 aliphatic carbocycles. The summed E-state index contributed by atoms with van der Waals surface area (Å²) < 4.78 is 0. The van der Waals surface area contributed by atoms with Gasteiger partial charge in [0.05, 0.1) is 0 Å². The highest BCUT2D eigenvalue weighted by molar-refractivity contribution is 5.72. The van der Waals surface area contributed by atoms with Gasteiger partial charge < -0.3 is 0 Å². The Morgan fingerprint density at radius 1 is 1.70 bits per heavy atom. The molecule has 6 N–H and O–H groups in total. The minimum absolute atomic E-state index is 0.562. The lowest BCUT2D eigenvalue weighted by atomic mass is 10.5. The van der Waals surface area contributed by atoms with E-state index in [-0.39, 0.29) is 0 Å². The van der Waals surface area contributed by atoms with Crippen molar-refractivity contribution in [2.24, 2.45) is 11.7 Å². The van der Waals surface area contributed by atoms with E-state index < -0.39 is 6.03 Å². The van der Waals surface area contributed by atoms with Crippen molar-refractivity contribution in [3.05, 3.63) is 0 Å². The van der Waals surface area contributed by atoms with Crippen LogP contribution in [0.4, 0.5) is 4.79 Å². The van der Waals surface area contributed by atoms with E-state index in [4.69, 9.17) is 11.7 Å². The van der Waals surface area contributed by atoms with Crippen molar-refractivity contribution in [2.75, 3.05) is 6.54 Å². The molecule has 0 saturated carbocycles. The molecule has 0 radical (unpaired) electrons. The van der Waals surface area contributed by atoms with E-state index in [0.29, 0.717) is 6.54 Å². The second-order valence-electron chi connectivity index (χ2n) is 1.73. The van der Waals surface area contributed by atoms with E-state index >= 15 is 0 Å². The van der Waals surface area contributed by atoms with E-state index in [9.17, 15) is 4.79 Å². The number of rotatable bonds is 3. The smallest absolute Gasteiger partial charge is 0.274 e. The van der Waals surface area contributed by atoms with E-state index in [1.807, 2.05) is 12.3 Å². The Morgan fingerprint density at radius 3 is 2.70 bits per heavy atom. The van der Waals surface area contributed by atoms with Crippen LogP contribution >= 0.6 is 0 Å². The molecule has 2 amide bonds. The van der Waals surface area contributed by atoms with Gasteiger partial charge in [-0.3, -0.25) is 5.43 Å². The third-order valence-electron chi connectivity index (χ3n) is 0.874. The lowest BCUT2D eigenvalue weighted by Gasteiger charge is -2.15. The van der Waals surface area contributed by atoms with E-state index in [1.165, 1.54) is 0 Å². The number of carbonyl (C=O) groups excluding carboxylic acids is 1. The SMILES string of the molecule is CCCNN(N)C(=O)NN. The van der Waals surface area contributed by atoms with Crippen LogP contribution in [0.2, 0.25) is 0 Å². The van der Waals surface area contributed by atoms with Gasteiger partial charge in [-0.25, -0.2) is 21.9 Å². The van der Waals surface area contributed by atoms with E-state index in [1.54, 1.807) is 0 Å². The molecule has 0 bridgehead atoms. The minimum Gasteiger partial charge on any atom is -0.274 e. The van der Waals surface area contributed by atoms with Gasteiger partial charge in [-0.1, -0.05) is 6.92 Å². The second-order valence-corrected chi connectivity index (χ2v) is 1.73. The maximum Gasteiger partial charge on any atom is 0.360 e. The highest BCUT2D eigenvalue weighted by Crippen LogP contribution is 1.73. The number of carbonyl (C=O) groups is 1. The van der Waals surface area contributed by atoms with Gasteiger partial charge in [-0.2, -0.15) is 5.12 Å². The maximum atomic E-state index is 10.5. The van der Waals surface area contributed by atoms with Crippen LogP contribution in [0.1, 0.15) is 13.3 Å². The maximum absolute atomic E-state index is 10.5. The van der Waals surface area contributed by atoms with Gasteiger partial charge in [0.2, 0.25) is 0 Å². The number of nitrogens with zero attached hydrogens (tertiary/aromatic N) is 1. The third kappa shape index (κ3) is 3.23. The molecule has 60 valence electrons. The molecular weight excluding hydrogens is 134 g/mol. The zero-order chi connectivity index (χ0) is 7.98. The molecule has 0 aromatic rings. The number of urea groups is 1. The van der Waals surface area contributed by atoms with Crippen LogP contribution in [-0.2, 0) is 0 Å². The Balaban J connectivity index is 3.41. The molecule has 0 fully saturated rings. The monoisotopic (exact) mass is 147 g/mol. The predicted molar refractivity (Wildman–Crippen MR) is 37.0 cm³/mol. The van der Waals surface area contributed by atoms with Crippen LogP contribution < -0.4 is 22.5 Å². The summed E-state index contributed by atoms with van der Waals surface area (Å²) in [6.07, 6.45) is 0.894. The quantitative estimate of drug-likeness (QED) is 0.226. The van der Waals surface area contributed by atoms with Crippen molar-refractivity contribution in [1.82, 2.24) is 16.0 Å². The first kappa shape index (κ1) is 9.15.